The van der Waals surface area contributed by atoms with E-state index >= 15 is 0 Å². The summed E-state index contributed by atoms with van der Waals surface area (Å²) in [5, 5.41) is 8.43. The van der Waals surface area contributed by atoms with Crippen molar-refractivity contribution in [3.05, 3.63) is 169 Å². The Hall–Kier alpha value is -7.83. The number of hydrogen-bond acceptors (Lipinski definition) is 6. The van der Waals surface area contributed by atoms with E-state index in [9.17, 15) is 0 Å². The third kappa shape index (κ3) is 5.03. The van der Waals surface area contributed by atoms with E-state index in [2.05, 4.69) is 109 Å². The monoisotopic (exact) mass is 757 g/mol. The number of benzene rings is 8. The number of hydrogen-bond donors (Lipinski definition) is 0. The van der Waals surface area contributed by atoms with Crippen molar-refractivity contribution in [1.82, 2.24) is 15.0 Å². The standard InChI is InChI=1S/C53H31N3O3/c1-2-11-31-24-34(21-20-30(31)10-1)51-54-52(35-22-23-45-40(26-35)38-14-5-7-17-43(38)57-45)56-53(55-51)42-27-36(29-48-50(42)39-15-6-8-18-44(39)58-48)37-16-9-19-46-49(37)41-25-32-12-3-4-13-33(32)28-47(41)59-46/h2-9,11-29H,1,10H2. The van der Waals surface area contributed by atoms with Crippen molar-refractivity contribution < 1.29 is 13.3 Å². The molecule has 1 aliphatic rings. The first kappa shape index (κ1) is 32.3. The Morgan fingerprint density at radius 1 is 0.390 bits per heavy atom. The van der Waals surface area contributed by atoms with Gasteiger partial charge in [0.15, 0.2) is 17.5 Å². The maximum Gasteiger partial charge on any atom is 0.164 e. The molecule has 0 N–H and O–H groups in total. The van der Waals surface area contributed by atoms with Gasteiger partial charge < -0.3 is 13.3 Å². The fourth-order valence-corrected chi connectivity index (χ4v) is 9.12. The van der Waals surface area contributed by atoms with Gasteiger partial charge in [-0.15, -0.1) is 0 Å². The van der Waals surface area contributed by atoms with E-state index in [1.165, 1.54) is 11.1 Å². The SMILES string of the molecule is C1=Cc2cc(-c3nc(-c4ccc5oc6ccccc6c5c4)nc(-c4cc(-c5cccc6oc7cc8ccccc8cc7c56)cc5oc6ccccc6c45)n3)ccc2CC1. The van der Waals surface area contributed by atoms with Gasteiger partial charge in [-0.1, -0.05) is 97.1 Å². The number of aromatic nitrogens is 3. The fourth-order valence-electron chi connectivity index (χ4n) is 9.12. The minimum absolute atomic E-state index is 0.559. The highest BCUT2D eigenvalue weighted by molar-refractivity contribution is 6.18. The van der Waals surface area contributed by atoms with Crippen molar-refractivity contribution in [3.63, 3.8) is 0 Å². The average molecular weight is 758 g/mol. The van der Waals surface area contributed by atoms with Gasteiger partial charge in [0.25, 0.3) is 0 Å². The number of nitrogens with zero attached hydrogens (tertiary/aromatic N) is 3. The molecule has 0 unspecified atom stereocenters. The lowest BCUT2D eigenvalue weighted by Gasteiger charge is -2.14. The summed E-state index contributed by atoms with van der Waals surface area (Å²) in [6.45, 7) is 0. The molecule has 1 aliphatic carbocycles. The van der Waals surface area contributed by atoms with Crippen molar-refractivity contribution in [2.24, 2.45) is 0 Å². The lowest BCUT2D eigenvalue weighted by molar-refractivity contribution is 0.668. The molecule has 8 aromatic carbocycles. The summed E-state index contributed by atoms with van der Waals surface area (Å²) >= 11 is 0. The summed E-state index contributed by atoms with van der Waals surface area (Å²) in [6.07, 6.45) is 6.50. The van der Waals surface area contributed by atoms with Gasteiger partial charge in [0, 0.05) is 49.0 Å². The van der Waals surface area contributed by atoms with Crippen LogP contribution >= 0.6 is 0 Å². The van der Waals surface area contributed by atoms with E-state index in [1.54, 1.807) is 0 Å². The topological polar surface area (TPSA) is 78.1 Å². The number of allylic oxidation sites excluding steroid dienone is 1. The zero-order chi connectivity index (χ0) is 38.6. The normalized spacial score (nSPS) is 12.9. The van der Waals surface area contributed by atoms with E-state index < -0.39 is 0 Å². The summed E-state index contributed by atoms with van der Waals surface area (Å²) in [5.41, 5.74) is 12.1. The first-order valence-electron chi connectivity index (χ1n) is 20.0. The van der Waals surface area contributed by atoms with Crippen LogP contribution in [0.5, 0.6) is 0 Å². The molecule has 0 saturated heterocycles. The second-order valence-electron chi connectivity index (χ2n) is 15.4. The minimum Gasteiger partial charge on any atom is -0.456 e. The van der Waals surface area contributed by atoms with Crippen LogP contribution in [0.2, 0.25) is 0 Å². The molecule has 4 heterocycles. The van der Waals surface area contributed by atoms with E-state index in [0.717, 1.165) is 117 Å². The molecule has 13 rings (SSSR count). The minimum atomic E-state index is 0.559. The molecular formula is C53H31N3O3. The van der Waals surface area contributed by atoms with Crippen LogP contribution in [0.1, 0.15) is 17.5 Å². The van der Waals surface area contributed by atoms with Crippen molar-refractivity contribution in [2.75, 3.05) is 0 Å². The van der Waals surface area contributed by atoms with Gasteiger partial charge in [-0.05, 0) is 113 Å². The highest BCUT2D eigenvalue weighted by atomic mass is 16.3. The number of aryl methyl sites for hydroxylation is 1. The molecule has 12 aromatic rings. The quantitative estimate of drug-likeness (QED) is 0.178. The summed E-state index contributed by atoms with van der Waals surface area (Å²) in [4.78, 5) is 15.9. The van der Waals surface area contributed by atoms with Crippen LogP contribution in [-0.2, 0) is 6.42 Å². The van der Waals surface area contributed by atoms with E-state index in [0.29, 0.717) is 17.5 Å². The maximum absolute atomic E-state index is 6.67. The van der Waals surface area contributed by atoms with Crippen molar-refractivity contribution in [2.45, 2.75) is 12.8 Å². The lowest BCUT2D eigenvalue weighted by Crippen LogP contribution is -2.02. The van der Waals surface area contributed by atoms with Gasteiger partial charge in [0.2, 0.25) is 0 Å². The summed E-state index contributed by atoms with van der Waals surface area (Å²) in [5.74, 6) is 1.74. The van der Waals surface area contributed by atoms with Gasteiger partial charge in [0.05, 0.1) is 0 Å². The molecule has 0 saturated carbocycles. The molecular weight excluding hydrogens is 727 g/mol. The maximum atomic E-state index is 6.67. The van der Waals surface area contributed by atoms with Gasteiger partial charge in [-0.25, -0.2) is 15.0 Å². The number of fused-ring (bicyclic) bond motifs is 11. The zero-order valence-corrected chi connectivity index (χ0v) is 31.6. The van der Waals surface area contributed by atoms with Gasteiger partial charge in [-0.3, -0.25) is 0 Å². The van der Waals surface area contributed by atoms with Crippen LogP contribution in [0, 0.1) is 0 Å². The van der Waals surface area contributed by atoms with Gasteiger partial charge in [-0.2, -0.15) is 0 Å². The van der Waals surface area contributed by atoms with Crippen LogP contribution in [-0.4, -0.2) is 15.0 Å². The number of rotatable bonds is 4. The summed E-state index contributed by atoms with van der Waals surface area (Å²) < 4.78 is 19.4. The molecule has 6 nitrogen and oxygen atoms in total. The molecule has 4 aromatic heterocycles. The van der Waals surface area contributed by atoms with E-state index in [4.69, 9.17) is 28.2 Å². The highest BCUT2D eigenvalue weighted by Crippen LogP contribution is 2.44. The molecule has 0 spiro atoms. The van der Waals surface area contributed by atoms with Crippen molar-refractivity contribution >= 4 is 82.7 Å². The Morgan fingerprint density at radius 3 is 1.93 bits per heavy atom. The molecule has 6 heteroatoms. The fraction of sp³-hybridized carbons (Fsp3) is 0.0377. The zero-order valence-electron chi connectivity index (χ0n) is 31.6. The van der Waals surface area contributed by atoms with Crippen molar-refractivity contribution in [1.29, 1.82) is 0 Å². The first-order chi connectivity index (χ1) is 29.2. The van der Waals surface area contributed by atoms with Crippen LogP contribution in [0.3, 0.4) is 0 Å². The molecule has 59 heavy (non-hydrogen) atoms. The third-order valence-corrected chi connectivity index (χ3v) is 11.9. The number of furan rings is 3. The van der Waals surface area contributed by atoms with Gasteiger partial charge in [0.1, 0.15) is 33.5 Å². The predicted molar refractivity (Wildman–Crippen MR) is 238 cm³/mol. The van der Waals surface area contributed by atoms with Crippen LogP contribution in [0.25, 0.3) is 128 Å². The Bertz CT molecular complexity index is 3750. The van der Waals surface area contributed by atoms with Gasteiger partial charge >= 0.3 is 0 Å². The summed E-state index contributed by atoms with van der Waals surface area (Å²) in [6, 6.07) is 52.4. The number of para-hydroxylation sites is 2. The average Bonchev–Trinajstić information content (AvgIpc) is 3.98. The van der Waals surface area contributed by atoms with E-state index in [1.807, 2.05) is 54.6 Å². The molecule has 0 aliphatic heterocycles. The molecule has 0 radical (unpaired) electrons. The first-order valence-corrected chi connectivity index (χ1v) is 20.0. The molecule has 0 bridgehead atoms. The second kappa shape index (κ2) is 12.3. The Kier molecular flexibility index (Phi) is 6.75. The Balaban J connectivity index is 1.09. The molecule has 276 valence electrons. The van der Waals surface area contributed by atoms with Crippen LogP contribution in [0.15, 0.2) is 171 Å². The lowest BCUT2D eigenvalue weighted by atomic mass is 9.94. The Morgan fingerprint density at radius 2 is 1.05 bits per heavy atom. The second-order valence-corrected chi connectivity index (χ2v) is 15.4. The highest BCUT2D eigenvalue weighted by Gasteiger charge is 2.22. The van der Waals surface area contributed by atoms with E-state index in [-0.39, 0.29) is 0 Å². The third-order valence-electron chi connectivity index (χ3n) is 11.9. The molecule has 0 fully saturated rings. The molecule has 0 atom stereocenters. The van der Waals surface area contributed by atoms with Crippen molar-refractivity contribution in [3.8, 4) is 45.3 Å². The molecule has 0 amide bonds. The smallest absolute Gasteiger partial charge is 0.164 e. The van der Waals surface area contributed by atoms with Crippen LogP contribution < -0.4 is 0 Å². The summed E-state index contributed by atoms with van der Waals surface area (Å²) in [7, 11) is 0. The largest absolute Gasteiger partial charge is 0.456 e. The predicted octanol–water partition coefficient (Wildman–Crippen LogP) is 14.4. The van der Waals surface area contributed by atoms with Crippen LogP contribution in [0.4, 0.5) is 0 Å². The Labute approximate surface area is 336 Å².